The summed E-state index contributed by atoms with van der Waals surface area (Å²) in [6, 6.07) is 0.139. The Morgan fingerprint density at radius 1 is 1.33 bits per heavy atom. The third-order valence-electron chi connectivity index (χ3n) is 3.05. The van der Waals surface area contributed by atoms with Gasteiger partial charge in [-0.15, -0.1) is 12.4 Å². The number of ether oxygens (including phenoxy) is 1. The summed E-state index contributed by atoms with van der Waals surface area (Å²) >= 11 is 0. The summed E-state index contributed by atoms with van der Waals surface area (Å²) in [6.07, 6.45) is 1.86. The summed E-state index contributed by atoms with van der Waals surface area (Å²) in [4.78, 5) is 0. The lowest BCUT2D eigenvalue weighted by atomic mass is 10.1. The minimum absolute atomic E-state index is 0. The van der Waals surface area contributed by atoms with E-state index in [1.54, 1.807) is 7.05 Å². The van der Waals surface area contributed by atoms with Crippen molar-refractivity contribution in [2.45, 2.75) is 38.8 Å². The molecule has 1 aliphatic heterocycles. The first-order chi connectivity index (χ1) is 7.93. The topological polar surface area (TPSA) is 58.6 Å². The van der Waals surface area contributed by atoms with E-state index in [1.807, 2.05) is 13.8 Å². The maximum atomic E-state index is 12.0. The molecule has 0 aromatic carbocycles. The van der Waals surface area contributed by atoms with E-state index in [1.165, 1.54) is 4.31 Å². The number of hydrogen-bond acceptors (Lipinski definition) is 4. The minimum Gasteiger partial charge on any atom is -0.378 e. The average molecular weight is 301 g/mol. The molecule has 1 rings (SSSR count). The molecule has 0 aliphatic carbocycles. The van der Waals surface area contributed by atoms with E-state index in [4.69, 9.17) is 4.74 Å². The lowest BCUT2D eigenvalue weighted by molar-refractivity contribution is 0.0905. The summed E-state index contributed by atoms with van der Waals surface area (Å²) in [5.41, 5.74) is 0. The molecule has 0 atom stereocenters. The molecule has 1 aliphatic rings. The Hall–Kier alpha value is 0.120. The average Bonchev–Trinajstić information content (AvgIpc) is 2.28. The van der Waals surface area contributed by atoms with Crippen LogP contribution < -0.4 is 5.32 Å². The summed E-state index contributed by atoms with van der Waals surface area (Å²) in [5.74, 6) is 0.0750. The van der Waals surface area contributed by atoms with E-state index in [2.05, 4.69) is 5.32 Å². The lowest BCUT2D eigenvalue weighted by Gasteiger charge is -2.30. The Bertz CT molecular complexity index is 316. The number of rotatable bonds is 6. The molecule has 1 heterocycles. The molecule has 0 saturated carbocycles. The molecule has 18 heavy (non-hydrogen) atoms. The Morgan fingerprint density at radius 2 is 1.89 bits per heavy atom. The number of nitrogens with zero attached hydrogens (tertiary/aromatic N) is 1. The fourth-order valence-corrected chi connectivity index (χ4v) is 3.19. The smallest absolute Gasteiger partial charge is 0.216 e. The van der Waals surface area contributed by atoms with Crippen LogP contribution in [0.15, 0.2) is 0 Å². The van der Waals surface area contributed by atoms with Crippen LogP contribution in [0.3, 0.4) is 0 Å². The van der Waals surface area contributed by atoms with Crippen molar-refractivity contribution < 1.29 is 13.2 Å². The Labute approximate surface area is 117 Å². The number of halogens is 1. The van der Waals surface area contributed by atoms with E-state index in [0.717, 1.165) is 25.9 Å². The van der Waals surface area contributed by atoms with E-state index < -0.39 is 10.0 Å². The van der Waals surface area contributed by atoms with Gasteiger partial charge in [0.15, 0.2) is 0 Å². The van der Waals surface area contributed by atoms with Gasteiger partial charge >= 0.3 is 0 Å². The van der Waals surface area contributed by atoms with Crippen LogP contribution >= 0.6 is 12.4 Å². The van der Waals surface area contributed by atoms with Crippen LogP contribution in [-0.2, 0) is 14.8 Å². The molecule has 0 aromatic rings. The predicted molar refractivity (Wildman–Crippen MR) is 75.8 cm³/mol. The van der Waals surface area contributed by atoms with Crippen LogP contribution in [0.25, 0.3) is 0 Å². The van der Waals surface area contributed by atoms with E-state index in [9.17, 15) is 8.42 Å². The van der Waals surface area contributed by atoms with Gasteiger partial charge in [0.1, 0.15) is 0 Å². The van der Waals surface area contributed by atoms with Gasteiger partial charge in [0, 0.05) is 13.1 Å². The number of nitrogens with one attached hydrogen (secondary N) is 1. The van der Waals surface area contributed by atoms with Gasteiger partial charge in [-0.3, -0.25) is 0 Å². The Morgan fingerprint density at radius 3 is 2.39 bits per heavy atom. The van der Waals surface area contributed by atoms with Crippen molar-refractivity contribution in [3.8, 4) is 0 Å². The van der Waals surface area contributed by atoms with Crippen LogP contribution in [0.1, 0.15) is 26.7 Å². The number of hydrogen-bond donors (Lipinski definition) is 1. The zero-order valence-corrected chi connectivity index (χ0v) is 13.0. The summed E-state index contributed by atoms with van der Waals surface area (Å²) in [5, 5.41) is 3.23. The zero-order valence-electron chi connectivity index (χ0n) is 11.4. The van der Waals surface area contributed by atoms with Crippen LogP contribution in [-0.4, -0.2) is 57.4 Å². The fourth-order valence-electron chi connectivity index (χ4n) is 1.93. The maximum Gasteiger partial charge on any atom is 0.216 e. The zero-order chi connectivity index (χ0) is 12.9. The molecule has 7 heteroatoms. The SMILES string of the molecule is CC(C)OCCS(=O)(=O)N(C)C1CCNCC1.Cl. The molecule has 0 spiro atoms. The highest BCUT2D eigenvalue weighted by molar-refractivity contribution is 7.89. The van der Waals surface area contributed by atoms with Crippen molar-refractivity contribution in [3.63, 3.8) is 0 Å². The van der Waals surface area contributed by atoms with Crippen molar-refractivity contribution in [1.29, 1.82) is 0 Å². The van der Waals surface area contributed by atoms with Crippen molar-refractivity contribution >= 4 is 22.4 Å². The standard InChI is InChI=1S/C11H24N2O3S.ClH/c1-10(2)16-8-9-17(14,15)13(3)11-4-6-12-7-5-11;/h10-12H,4-9H2,1-3H3;1H. The maximum absolute atomic E-state index is 12.0. The first kappa shape index (κ1) is 18.1. The predicted octanol–water partition coefficient (Wildman–Crippen LogP) is 0.847. The largest absolute Gasteiger partial charge is 0.378 e. The second-order valence-electron chi connectivity index (χ2n) is 4.73. The molecule has 1 fully saturated rings. The van der Waals surface area contributed by atoms with Gasteiger partial charge in [0.2, 0.25) is 10.0 Å². The van der Waals surface area contributed by atoms with Gasteiger partial charge in [-0.25, -0.2) is 12.7 Å². The molecular formula is C11H25ClN2O3S. The van der Waals surface area contributed by atoms with Crippen molar-refractivity contribution in [2.24, 2.45) is 0 Å². The Kier molecular flexibility index (Phi) is 8.38. The Balaban J connectivity index is 0.00000289. The molecule has 0 amide bonds. The van der Waals surface area contributed by atoms with Gasteiger partial charge in [0.05, 0.1) is 18.5 Å². The molecule has 1 saturated heterocycles. The van der Waals surface area contributed by atoms with E-state index >= 15 is 0 Å². The van der Waals surface area contributed by atoms with Gasteiger partial charge in [-0.05, 0) is 39.8 Å². The third-order valence-corrected chi connectivity index (χ3v) is 4.91. The van der Waals surface area contributed by atoms with Crippen molar-refractivity contribution in [2.75, 3.05) is 32.5 Å². The van der Waals surface area contributed by atoms with Crippen LogP contribution in [0, 0.1) is 0 Å². The van der Waals surface area contributed by atoms with E-state index in [-0.39, 0.29) is 36.9 Å². The quantitative estimate of drug-likeness (QED) is 0.790. The van der Waals surface area contributed by atoms with Crippen LogP contribution in [0.2, 0.25) is 0 Å². The molecule has 0 bridgehead atoms. The first-order valence-corrected chi connectivity index (χ1v) is 7.82. The van der Waals surface area contributed by atoms with Crippen LogP contribution in [0.5, 0.6) is 0 Å². The second-order valence-corrected chi connectivity index (χ2v) is 6.88. The van der Waals surface area contributed by atoms with E-state index in [0.29, 0.717) is 0 Å². The highest BCUT2D eigenvalue weighted by Crippen LogP contribution is 2.14. The van der Waals surface area contributed by atoms with Gasteiger partial charge in [-0.1, -0.05) is 0 Å². The second kappa shape index (κ2) is 8.32. The monoisotopic (exact) mass is 300 g/mol. The molecule has 0 unspecified atom stereocenters. The molecular weight excluding hydrogens is 276 g/mol. The van der Waals surface area contributed by atoms with Crippen LogP contribution in [0.4, 0.5) is 0 Å². The molecule has 1 N–H and O–H groups in total. The summed E-state index contributed by atoms with van der Waals surface area (Å²) in [6.45, 7) is 5.88. The number of piperidine rings is 1. The molecule has 110 valence electrons. The van der Waals surface area contributed by atoms with Gasteiger partial charge in [-0.2, -0.15) is 0 Å². The third kappa shape index (κ3) is 5.84. The van der Waals surface area contributed by atoms with Gasteiger partial charge in [0.25, 0.3) is 0 Å². The lowest BCUT2D eigenvalue weighted by Crippen LogP contribution is -2.45. The number of sulfonamides is 1. The fraction of sp³-hybridized carbons (Fsp3) is 1.00. The minimum atomic E-state index is -3.18. The molecule has 5 nitrogen and oxygen atoms in total. The normalized spacial score (nSPS) is 18.1. The first-order valence-electron chi connectivity index (χ1n) is 6.21. The molecule has 0 aromatic heterocycles. The highest BCUT2D eigenvalue weighted by Gasteiger charge is 2.27. The highest BCUT2D eigenvalue weighted by atomic mass is 35.5. The summed E-state index contributed by atoms with van der Waals surface area (Å²) in [7, 11) is -1.49. The van der Waals surface area contributed by atoms with Gasteiger partial charge < -0.3 is 10.1 Å². The van der Waals surface area contributed by atoms with Crippen molar-refractivity contribution in [1.82, 2.24) is 9.62 Å². The molecule has 0 radical (unpaired) electrons. The summed E-state index contributed by atoms with van der Waals surface area (Å²) < 4.78 is 30.9. The van der Waals surface area contributed by atoms with Crippen molar-refractivity contribution in [3.05, 3.63) is 0 Å².